The lowest BCUT2D eigenvalue weighted by Gasteiger charge is -2.06. The molecule has 4 rings (SSSR count). The third-order valence-corrected chi connectivity index (χ3v) is 5.39. The molecule has 4 aromatic rings. The predicted octanol–water partition coefficient (Wildman–Crippen LogP) is 4.63. The van der Waals surface area contributed by atoms with Crippen LogP contribution in [0.15, 0.2) is 72.3 Å². The zero-order chi connectivity index (χ0) is 22.7. The number of hydrogen-bond donors (Lipinski definition) is 2. The molecule has 2 aromatic carbocycles. The van der Waals surface area contributed by atoms with Gasteiger partial charge < -0.3 is 11.1 Å². The Bertz CT molecular complexity index is 1320. The molecule has 3 N–H and O–H groups in total. The molecule has 9 heteroatoms. The van der Waals surface area contributed by atoms with Gasteiger partial charge in [-0.2, -0.15) is 5.10 Å². The average molecular weight is 450 g/mol. The maximum atomic E-state index is 14.0. The molecular weight excluding hydrogens is 434 g/mol. The topological polar surface area (TPSA) is 90.0 Å². The van der Waals surface area contributed by atoms with Crippen molar-refractivity contribution in [3.8, 4) is 16.3 Å². The standard InChI is InChI=1S/C23H16F2N4O2S/c24-17-12-18(25)19(11-16(17)23(26)31)27-21(30)9-8-14-13-29(15-5-2-1-3-6-15)28-22(14)20-7-4-10-32-20/h1-13H,(H2,26,31)(H,27,30)/b9-8+. The first kappa shape index (κ1) is 21.1. The second-order valence-corrected chi connectivity index (χ2v) is 7.64. The Labute approximate surface area is 185 Å². The zero-order valence-electron chi connectivity index (χ0n) is 16.5. The third kappa shape index (κ3) is 4.47. The monoisotopic (exact) mass is 450 g/mol. The Morgan fingerprint density at radius 2 is 1.84 bits per heavy atom. The number of aromatic nitrogens is 2. The Morgan fingerprint density at radius 3 is 2.53 bits per heavy atom. The van der Waals surface area contributed by atoms with Crippen LogP contribution in [0.1, 0.15) is 15.9 Å². The van der Waals surface area contributed by atoms with Crippen molar-refractivity contribution < 1.29 is 18.4 Å². The molecule has 0 aliphatic heterocycles. The second-order valence-electron chi connectivity index (χ2n) is 6.69. The molecule has 0 aliphatic carbocycles. The molecule has 2 amide bonds. The van der Waals surface area contributed by atoms with Gasteiger partial charge in [-0.3, -0.25) is 9.59 Å². The molecule has 0 saturated heterocycles. The molecule has 160 valence electrons. The number of nitrogens with two attached hydrogens (primary N) is 1. The zero-order valence-corrected chi connectivity index (χ0v) is 17.3. The van der Waals surface area contributed by atoms with Gasteiger partial charge in [-0.1, -0.05) is 24.3 Å². The largest absolute Gasteiger partial charge is 0.366 e. The van der Waals surface area contributed by atoms with Crippen LogP contribution in [0.25, 0.3) is 22.3 Å². The SMILES string of the molecule is NC(=O)c1cc(NC(=O)/C=C/c2cn(-c3ccccc3)nc2-c2cccs2)c(F)cc1F. The fraction of sp³-hybridized carbons (Fsp3) is 0. The summed E-state index contributed by atoms with van der Waals surface area (Å²) in [5.74, 6) is -3.86. The van der Waals surface area contributed by atoms with Crippen LogP contribution in [0, 0.1) is 11.6 Å². The van der Waals surface area contributed by atoms with Gasteiger partial charge in [0, 0.05) is 23.9 Å². The van der Waals surface area contributed by atoms with E-state index >= 15 is 0 Å². The van der Waals surface area contributed by atoms with Gasteiger partial charge in [-0.15, -0.1) is 11.3 Å². The van der Waals surface area contributed by atoms with Gasteiger partial charge in [0.25, 0.3) is 5.91 Å². The highest BCUT2D eigenvalue weighted by molar-refractivity contribution is 7.13. The highest BCUT2D eigenvalue weighted by Gasteiger charge is 2.15. The van der Waals surface area contributed by atoms with Crippen molar-refractivity contribution in [2.24, 2.45) is 5.73 Å². The van der Waals surface area contributed by atoms with Crippen LogP contribution in [-0.4, -0.2) is 21.6 Å². The number of amides is 2. The highest BCUT2D eigenvalue weighted by Crippen LogP contribution is 2.28. The summed E-state index contributed by atoms with van der Waals surface area (Å²) >= 11 is 1.50. The molecular formula is C23H16F2N4O2S. The lowest BCUT2D eigenvalue weighted by Crippen LogP contribution is -2.16. The van der Waals surface area contributed by atoms with Crippen LogP contribution in [0.2, 0.25) is 0 Å². The van der Waals surface area contributed by atoms with E-state index in [0.717, 1.165) is 16.6 Å². The van der Waals surface area contributed by atoms with Gasteiger partial charge in [-0.25, -0.2) is 13.5 Å². The van der Waals surface area contributed by atoms with Crippen LogP contribution >= 0.6 is 11.3 Å². The van der Waals surface area contributed by atoms with Gasteiger partial charge in [0.05, 0.1) is 21.8 Å². The summed E-state index contributed by atoms with van der Waals surface area (Å²) in [5, 5.41) is 8.85. The highest BCUT2D eigenvalue weighted by atomic mass is 32.1. The van der Waals surface area contributed by atoms with Crippen LogP contribution in [0.5, 0.6) is 0 Å². The minimum absolute atomic E-state index is 0.353. The summed E-state index contributed by atoms with van der Waals surface area (Å²) in [6, 6.07) is 14.7. The lowest BCUT2D eigenvalue weighted by molar-refractivity contribution is -0.111. The van der Waals surface area contributed by atoms with Crippen LogP contribution in [0.3, 0.4) is 0 Å². The maximum absolute atomic E-state index is 14.0. The van der Waals surface area contributed by atoms with Crippen molar-refractivity contribution >= 4 is 34.9 Å². The maximum Gasteiger partial charge on any atom is 0.251 e. The third-order valence-electron chi connectivity index (χ3n) is 4.51. The number of benzene rings is 2. The summed E-state index contributed by atoms with van der Waals surface area (Å²) in [4.78, 5) is 24.6. The Balaban J connectivity index is 1.62. The first-order chi connectivity index (χ1) is 15.4. The quantitative estimate of drug-likeness (QED) is 0.420. The number of nitrogens with zero attached hydrogens (tertiary/aromatic N) is 2. The molecule has 0 aliphatic rings. The number of thiophene rings is 1. The first-order valence-electron chi connectivity index (χ1n) is 9.39. The number of primary amides is 1. The molecule has 0 saturated carbocycles. The predicted molar refractivity (Wildman–Crippen MR) is 119 cm³/mol. The molecule has 0 bridgehead atoms. The minimum atomic E-state index is -1.10. The molecule has 6 nitrogen and oxygen atoms in total. The van der Waals surface area contributed by atoms with Gasteiger partial charge in [-0.05, 0) is 35.7 Å². The number of rotatable bonds is 6. The normalized spacial score (nSPS) is 11.1. The molecule has 0 radical (unpaired) electrons. The fourth-order valence-electron chi connectivity index (χ4n) is 3.00. The number of halogens is 2. The van der Waals surface area contributed by atoms with E-state index in [0.29, 0.717) is 17.3 Å². The van der Waals surface area contributed by atoms with Gasteiger partial charge in [0.1, 0.15) is 17.3 Å². The molecule has 32 heavy (non-hydrogen) atoms. The number of carbonyl (C=O) groups is 2. The number of hydrogen-bond acceptors (Lipinski definition) is 4. The van der Waals surface area contributed by atoms with Crippen molar-refractivity contribution in [2.45, 2.75) is 0 Å². The van der Waals surface area contributed by atoms with Crippen molar-refractivity contribution in [3.05, 3.63) is 95.0 Å². The molecule has 0 fully saturated rings. The molecule has 2 aromatic heterocycles. The van der Waals surface area contributed by atoms with Crippen LogP contribution in [0.4, 0.5) is 14.5 Å². The number of nitrogens with one attached hydrogen (secondary N) is 1. The van der Waals surface area contributed by atoms with E-state index < -0.39 is 29.0 Å². The van der Waals surface area contributed by atoms with E-state index in [1.165, 1.54) is 17.4 Å². The summed E-state index contributed by atoms with van der Waals surface area (Å²) in [5.41, 5.74) is 6.40. The van der Waals surface area contributed by atoms with Crippen molar-refractivity contribution in [2.75, 3.05) is 5.32 Å². The van der Waals surface area contributed by atoms with Gasteiger partial charge in [0.2, 0.25) is 5.91 Å². The number of anilines is 1. The summed E-state index contributed by atoms with van der Waals surface area (Å²) < 4.78 is 29.3. The summed E-state index contributed by atoms with van der Waals surface area (Å²) in [7, 11) is 0. The number of carbonyl (C=O) groups excluding carboxylic acids is 2. The Hall–Kier alpha value is -4.11. The Kier molecular flexibility index (Phi) is 5.91. The summed E-state index contributed by atoms with van der Waals surface area (Å²) in [6.45, 7) is 0. The summed E-state index contributed by atoms with van der Waals surface area (Å²) in [6.07, 6.45) is 4.53. The van der Waals surface area contributed by atoms with E-state index in [4.69, 9.17) is 5.73 Å². The molecule has 0 spiro atoms. The fourth-order valence-corrected chi connectivity index (χ4v) is 3.73. The van der Waals surface area contributed by atoms with E-state index in [-0.39, 0.29) is 5.69 Å². The van der Waals surface area contributed by atoms with E-state index in [1.807, 2.05) is 47.8 Å². The van der Waals surface area contributed by atoms with E-state index in [9.17, 15) is 18.4 Å². The lowest BCUT2D eigenvalue weighted by atomic mass is 10.1. The molecule has 0 atom stereocenters. The number of para-hydroxylation sites is 1. The van der Waals surface area contributed by atoms with Crippen molar-refractivity contribution in [3.63, 3.8) is 0 Å². The van der Waals surface area contributed by atoms with Gasteiger partial charge >= 0.3 is 0 Å². The van der Waals surface area contributed by atoms with Crippen molar-refractivity contribution in [1.82, 2.24) is 9.78 Å². The van der Waals surface area contributed by atoms with Gasteiger partial charge in [0.15, 0.2) is 0 Å². The van der Waals surface area contributed by atoms with E-state index in [2.05, 4.69) is 10.4 Å². The van der Waals surface area contributed by atoms with Crippen LogP contribution in [-0.2, 0) is 4.79 Å². The molecule has 2 heterocycles. The average Bonchev–Trinajstić information content (AvgIpc) is 3.44. The minimum Gasteiger partial charge on any atom is -0.366 e. The molecule has 0 unspecified atom stereocenters. The smallest absolute Gasteiger partial charge is 0.251 e. The Morgan fingerprint density at radius 1 is 1.06 bits per heavy atom. The second kappa shape index (κ2) is 8.94. The van der Waals surface area contributed by atoms with E-state index in [1.54, 1.807) is 17.0 Å². The van der Waals surface area contributed by atoms with Crippen LogP contribution < -0.4 is 11.1 Å². The van der Waals surface area contributed by atoms with Crippen molar-refractivity contribution in [1.29, 1.82) is 0 Å². The first-order valence-corrected chi connectivity index (χ1v) is 10.3.